The number of rotatable bonds is 4. The summed E-state index contributed by atoms with van der Waals surface area (Å²) in [4.78, 5) is 18.2. The van der Waals surface area contributed by atoms with Gasteiger partial charge < -0.3 is 15.3 Å². The van der Waals surface area contributed by atoms with Crippen LogP contribution in [0.2, 0.25) is 5.02 Å². The maximum absolute atomic E-state index is 11.9. The first-order chi connectivity index (χ1) is 11.1. The number of nitrogens with zero attached hydrogens (tertiary/aromatic N) is 3. The Morgan fingerprint density at radius 1 is 1.43 bits per heavy atom. The number of anilines is 1. The lowest BCUT2D eigenvalue weighted by molar-refractivity contribution is -0.132. The van der Waals surface area contributed by atoms with Gasteiger partial charge in [0.25, 0.3) is 0 Å². The Balaban J connectivity index is 1.57. The molecule has 122 valence electrons. The van der Waals surface area contributed by atoms with Crippen molar-refractivity contribution in [3.63, 3.8) is 0 Å². The van der Waals surface area contributed by atoms with E-state index in [0.717, 1.165) is 12.8 Å². The van der Waals surface area contributed by atoms with Crippen molar-refractivity contribution in [3.8, 4) is 6.07 Å². The minimum absolute atomic E-state index is 0.0397. The molecule has 2 aliphatic rings. The van der Waals surface area contributed by atoms with E-state index in [1.807, 2.05) is 11.0 Å². The highest BCUT2D eigenvalue weighted by Gasteiger charge is 2.33. The summed E-state index contributed by atoms with van der Waals surface area (Å²) in [5.41, 5.74) is 0.431. The van der Waals surface area contributed by atoms with Crippen LogP contribution in [0, 0.1) is 17.2 Å². The Hall–Kier alpha value is -1.84. The zero-order valence-corrected chi connectivity index (χ0v) is 13.5. The third-order valence-electron chi connectivity index (χ3n) is 4.43. The smallest absolute Gasteiger partial charge is 0.249 e. The third kappa shape index (κ3) is 3.74. The van der Waals surface area contributed by atoms with Crippen LogP contribution >= 0.6 is 11.6 Å². The maximum atomic E-state index is 11.9. The molecule has 1 aromatic rings. The molecule has 1 aliphatic carbocycles. The normalized spacial score (nSPS) is 20.0. The monoisotopic (exact) mass is 334 g/mol. The van der Waals surface area contributed by atoms with Crippen LogP contribution in [0.5, 0.6) is 0 Å². The minimum Gasteiger partial charge on any atom is -0.383 e. The van der Waals surface area contributed by atoms with Gasteiger partial charge in [-0.15, -0.1) is 0 Å². The first kappa shape index (κ1) is 16.0. The Bertz CT molecular complexity index is 633. The third-order valence-corrected chi connectivity index (χ3v) is 4.71. The molecule has 1 saturated heterocycles. The summed E-state index contributed by atoms with van der Waals surface area (Å²) in [7, 11) is 0. The van der Waals surface area contributed by atoms with Crippen LogP contribution in [0.15, 0.2) is 12.3 Å². The number of piperidine rings is 1. The molecule has 0 bridgehead atoms. The van der Waals surface area contributed by atoms with Gasteiger partial charge in [-0.3, -0.25) is 4.79 Å². The largest absolute Gasteiger partial charge is 0.383 e. The van der Waals surface area contributed by atoms with E-state index in [4.69, 9.17) is 16.9 Å². The second-order valence-corrected chi connectivity index (χ2v) is 6.60. The van der Waals surface area contributed by atoms with Crippen molar-refractivity contribution in [2.75, 3.05) is 18.0 Å². The van der Waals surface area contributed by atoms with E-state index < -0.39 is 6.10 Å². The fourth-order valence-corrected chi connectivity index (χ4v) is 3.17. The van der Waals surface area contributed by atoms with Crippen molar-refractivity contribution >= 4 is 23.3 Å². The molecule has 1 aromatic heterocycles. The summed E-state index contributed by atoms with van der Waals surface area (Å²) < 4.78 is 0. The van der Waals surface area contributed by atoms with Gasteiger partial charge in [0.15, 0.2) is 0 Å². The van der Waals surface area contributed by atoms with Crippen molar-refractivity contribution in [2.24, 2.45) is 5.92 Å². The summed E-state index contributed by atoms with van der Waals surface area (Å²) in [6, 6.07) is 3.88. The molecule has 1 aliphatic heterocycles. The zero-order valence-electron chi connectivity index (χ0n) is 12.7. The Morgan fingerprint density at radius 2 is 2.13 bits per heavy atom. The molecule has 0 radical (unpaired) electrons. The molecular weight excluding hydrogens is 316 g/mol. The fraction of sp³-hybridized carbons (Fsp3) is 0.562. The van der Waals surface area contributed by atoms with Crippen molar-refractivity contribution in [2.45, 2.75) is 37.8 Å². The zero-order chi connectivity index (χ0) is 16.4. The van der Waals surface area contributed by atoms with E-state index in [2.05, 4.69) is 10.3 Å². The lowest BCUT2D eigenvalue weighted by Crippen LogP contribution is -2.45. The summed E-state index contributed by atoms with van der Waals surface area (Å²) >= 11 is 6.19. The van der Waals surface area contributed by atoms with Gasteiger partial charge in [-0.1, -0.05) is 11.6 Å². The highest BCUT2D eigenvalue weighted by molar-refractivity contribution is 6.33. The number of nitrogens with one attached hydrogen (secondary N) is 1. The van der Waals surface area contributed by atoms with Crippen LogP contribution in [0.4, 0.5) is 5.82 Å². The van der Waals surface area contributed by atoms with Crippen molar-refractivity contribution < 1.29 is 9.90 Å². The average molecular weight is 335 g/mol. The molecule has 6 nitrogen and oxygen atoms in total. The number of amides is 1. The number of aromatic nitrogens is 1. The molecule has 1 atom stereocenters. The number of nitriles is 1. The second kappa shape index (κ2) is 6.73. The van der Waals surface area contributed by atoms with E-state index in [1.165, 1.54) is 6.20 Å². The quantitative estimate of drug-likeness (QED) is 0.870. The Morgan fingerprint density at radius 3 is 2.70 bits per heavy atom. The predicted molar refractivity (Wildman–Crippen MR) is 86.1 cm³/mol. The first-order valence-corrected chi connectivity index (χ1v) is 8.25. The molecule has 2 N–H and O–H groups in total. The second-order valence-electron chi connectivity index (χ2n) is 6.19. The van der Waals surface area contributed by atoms with Gasteiger partial charge in [0, 0.05) is 25.3 Å². The van der Waals surface area contributed by atoms with E-state index >= 15 is 0 Å². The van der Waals surface area contributed by atoms with Gasteiger partial charge in [-0.05, 0) is 37.7 Å². The summed E-state index contributed by atoms with van der Waals surface area (Å²) in [6.45, 7) is 1.36. The topological polar surface area (TPSA) is 89.2 Å². The number of aliphatic hydroxyl groups is 1. The fourth-order valence-electron chi connectivity index (χ4n) is 2.88. The SMILES string of the molecule is N#Cc1cnc(N2CCC(C(O)C(=O)NC3CC3)CC2)c(Cl)c1. The molecule has 23 heavy (non-hydrogen) atoms. The first-order valence-electron chi connectivity index (χ1n) is 7.87. The molecule has 1 amide bonds. The number of carbonyl (C=O) groups excluding carboxylic acids is 1. The molecular formula is C16H19ClN4O2. The molecule has 7 heteroatoms. The minimum atomic E-state index is -0.942. The summed E-state index contributed by atoms with van der Waals surface area (Å²) in [5, 5.41) is 22.3. The predicted octanol–water partition coefficient (Wildman–Crippen LogP) is 1.46. The van der Waals surface area contributed by atoms with Crippen LogP contribution in [0.1, 0.15) is 31.2 Å². The van der Waals surface area contributed by atoms with Gasteiger partial charge in [-0.2, -0.15) is 5.26 Å². The molecule has 3 rings (SSSR count). The molecule has 2 heterocycles. The Kier molecular flexibility index (Phi) is 4.69. The number of hydrogen-bond donors (Lipinski definition) is 2. The molecule has 1 saturated carbocycles. The van der Waals surface area contributed by atoms with Crippen molar-refractivity contribution in [1.82, 2.24) is 10.3 Å². The van der Waals surface area contributed by atoms with E-state index in [9.17, 15) is 9.90 Å². The number of hydrogen-bond acceptors (Lipinski definition) is 5. The van der Waals surface area contributed by atoms with Gasteiger partial charge in [0.05, 0.1) is 10.6 Å². The highest BCUT2D eigenvalue weighted by atomic mass is 35.5. The van der Waals surface area contributed by atoms with E-state index in [-0.39, 0.29) is 17.9 Å². The van der Waals surface area contributed by atoms with Gasteiger partial charge in [0.1, 0.15) is 18.0 Å². The molecule has 2 fully saturated rings. The van der Waals surface area contributed by atoms with E-state index in [1.54, 1.807) is 6.07 Å². The van der Waals surface area contributed by atoms with Crippen LogP contribution in [0.3, 0.4) is 0 Å². The van der Waals surface area contributed by atoms with Gasteiger partial charge in [0.2, 0.25) is 5.91 Å². The van der Waals surface area contributed by atoms with Crippen LogP contribution in [-0.4, -0.2) is 41.2 Å². The number of carbonyl (C=O) groups is 1. The van der Waals surface area contributed by atoms with Crippen LogP contribution < -0.4 is 10.2 Å². The number of halogens is 1. The van der Waals surface area contributed by atoms with Gasteiger partial charge in [-0.25, -0.2) is 4.98 Å². The summed E-state index contributed by atoms with van der Waals surface area (Å²) in [5.74, 6) is 0.365. The van der Waals surface area contributed by atoms with Crippen molar-refractivity contribution in [1.29, 1.82) is 5.26 Å². The van der Waals surface area contributed by atoms with Gasteiger partial charge >= 0.3 is 0 Å². The van der Waals surface area contributed by atoms with Crippen LogP contribution in [0.25, 0.3) is 0 Å². The Labute approximate surface area is 140 Å². The maximum Gasteiger partial charge on any atom is 0.249 e. The number of pyridine rings is 1. The van der Waals surface area contributed by atoms with Crippen LogP contribution in [-0.2, 0) is 4.79 Å². The van der Waals surface area contributed by atoms with Crippen molar-refractivity contribution in [3.05, 3.63) is 22.8 Å². The molecule has 0 spiro atoms. The molecule has 1 unspecified atom stereocenters. The lowest BCUT2D eigenvalue weighted by atomic mass is 9.90. The highest BCUT2D eigenvalue weighted by Crippen LogP contribution is 2.29. The summed E-state index contributed by atoms with van der Waals surface area (Å²) in [6.07, 6.45) is 4.00. The lowest BCUT2D eigenvalue weighted by Gasteiger charge is -2.34. The van der Waals surface area contributed by atoms with E-state index in [0.29, 0.717) is 42.3 Å². The standard InChI is InChI=1S/C16H19ClN4O2/c17-13-7-10(8-18)9-19-15(13)21-5-3-11(4-6-21)14(22)16(23)20-12-1-2-12/h7,9,11-12,14,22H,1-6H2,(H,20,23). The number of aliphatic hydroxyl groups excluding tert-OH is 1. The average Bonchev–Trinajstić information content (AvgIpc) is 3.38. The molecule has 0 aromatic carbocycles.